The van der Waals surface area contributed by atoms with Gasteiger partial charge in [0.25, 0.3) is 5.91 Å². The first kappa shape index (κ1) is 27.0. The zero-order chi connectivity index (χ0) is 27.1. The van der Waals surface area contributed by atoms with Crippen LogP contribution in [0.4, 0.5) is 10.2 Å². The number of rotatable bonds is 8. The van der Waals surface area contributed by atoms with E-state index in [0.717, 1.165) is 35.8 Å². The third kappa shape index (κ3) is 6.45. The molecule has 200 valence electrons. The number of aromatic nitrogens is 2. The van der Waals surface area contributed by atoms with Gasteiger partial charge in [0.05, 0.1) is 12.8 Å². The Balaban J connectivity index is 1.40. The summed E-state index contributed by atoms with van der Waals surface area (Å²) in [4.78, 5) is 31.9. The lowest BCUT2D eigenvalue weighted by atomic mass is 10.1. The number of carbonyl (C=O) groups is 2. The first-order chi connectivity index (χ1) is 18.4. The summed E-state index contributed by atoms with van der Waals surface area (Å²) in [6.07, 6.45) is 1.46. The van der Waals surface area contributed by atoms with E-state index in [0.29, 0.717) is 26.1 Å². The minimum absolute atomic E-state index is 0.0423. The lowest BCUT2D eigenvalue weighted by Crippen LogP contribution is -2.47. The monoisotopic (exact) mass is 519 g/mol. The summed E-state index contributed by atoms with van der Waals surface area (Å²) in [5, 5.41) is 8.85. The topological polar surface area (TPSA) is 78.9 Å². The normalized spacial score (nSPS) is 14.5. The van der Waals surface area contributed by atoms with Crippen molar-refractivity contribution in [3.8, 4) is 17.0 Å². The van der Waals surface area contributed by atoms with Crippen LogP contribution >= 0.6 is 0 Å². The van der Waals surface area contributed by atoms with Gasteiger partial charge in [-0.1, -0.05) is 25.1 Å². The van der Waals surface area contributed by atoms with E-state index < -0.39 is 5.82 Å². The second-order valence-electron chi connectivity index (χ2n) is 9.43. The van der Waals surface area contributed by atoms with Crippen LogP contribution in [0.25, 0.3) is 11.3 Å². The van der Waals surface area contributed by atoms with Gasteiger partial charge in [-0.25, -0.2) is 4.39 Å². The van der Waals surface area contributed by atoms with Crippen LogP contribution in [0.15, 0.2) is 60.7 Å². The van der Waals surface area contributed by atoms with Crippen molar-refractivity contribution in [2.45, 2.75) is 32.7 Å². The molecule has 0 aliphatic carbocycles. The zero-order valence-corrected chi connectivity index (χ0v) is 22.1. The summed E-state index contributed by atoms with van der Waals surface area (Å²) in [7, 11) is 1.63. The van der Waals surface area contributed by atoms with E-state index in [1.165, 1.54) is 18.2 Å². The highest BCUT2D eigenvalue weighted by atomic mass is 19.1. The largest absolute Gasteiger partial charge is 0.497 e. The molecule has 1 aliphatic rings. The van der Waals surface area contributed by atoms with Gasteiger partial charge in [0.2, 0.25) is 5.91 Å². The summed E-state index contributed by atoms with van der Waals surface area (Å²) >= 11 is 0. The number of ether oxygens (including phenoxy) is 1. The summed E-state index contributed by atoms with van der Waals surface area (Å²) in [5.41, 5.74) is 1.93. The van der Waals surface area contributed by atoms with E-state index in [1.54, 1.807) is 23.0 Å². The molecule has 1 atom stereocenters. The van der Waals surface area contributed by atoms with E-state index in [9.17, 15) is 14.0 Å². The molecule has 0 bridgehead atoms. The zero-order valence-electron chi connectivity index (χ0n) is 22.1. The van der Waals surface area contributed by atoms with Crippen LogP contribution in [0.3, 0.4) is 0 Å². The van der Waals surface area contributed by atoms with Crippen LogP contribution in [0.1, 0.15) is 37.0 Å². The van der Waals surface area contributed by atoms with Gasteiger partial charge in [-0.3, -0.25) is 9.59 Å². The molecule has 1 aliphatic heterocycles. The SMILES string of the molecule is CC[C@@H](C)N(CC(=O)N1CCCN(c2ccc(-c3cccc(OC)c3)nn2)CC1)C(=O)c1cccc(F)c1. The number of nitrogens with zero attached hydrogens (tertiary/aromatic N) is 5. The third-order valence-electron chi connectivity index (χ3n) is 6.95. The van der Waals surface area contributed by atoms with Crippen LogP contribution in [-0.2, 0) is 4.79 Å². The fraction of sp³-hybridized carbons (Fsp3) is 0.379. The molecule has 0 spiro atoms. The standard InChI is InChI=1S/C29H34FN5O3/c1-4-21(2)35(29(37)23-9-5-10-24(30)18-23)20-28(36)34-15-7-14-33(16-17-34)27-13-12-26(31-32-27)22-8-6-11-25(19-22)38-3/h5-6,8-13,18-19,21H,4,7,14-17,20H2,1-3H3/t21-/m1/s1. The maximum Gasteiger partial charge on any atom is 0.254 e. The Morgan fingerprint density at radius 1 is 1.03 bits per heavy atom. The number of hydrogen-bond donors (Lipinski definition) is 0. The van der Waals surface area contributed by atoms with Crippen LogP contribution in [0.5, 0.6) is 5.75 Å². The Kier molecular flexibility index (Phi) is 8.89. The van der Waals surface area contributed by atoms with E-state index in [2.05, 4.69) is 15.1 Å². The van der Waals surface area contributed by atoms with Crippen LogP contribution in [-0.4, -0.2) is 77.7 Å². The Hall–Kier alpha value is -4.01. The van der Waals surface area contributed by atoms with Crippen molar-refractivity contribution in [3.63, 3.8) is 0 Å². The second kappa shape index (κ2) is 12.5. The molecule has 2 amide bonds. The molecule has 0 N–H and O–H groups in total. The molecule has 1 aromatic heterocycles. The molecule has 0 unspecified atom stereocenters. The van der Waals surface area contributed by atoms with E-state index in [4.69, 9.17) is 4.74 Å². The first-order valence-corrected chi connectivity index (χ1v) is 13.0. The summed E-state index contributed by atoms with van der Waals surface area (Å²) in [6, 6.07) is 17.0. The molecular weight excluding hydrogens is 485 g/mol. The lowest BCUT2D eigenvalue weighted by molar-refractivity contribution is -0.132. The number of benzene rings is 2. The molecule has 3 aromatic rings. The molecule has 38 heavy (non-hydrogen) atoms. The van der Waals surface area contributed by atoms with Crippen molar-refractivity contribution in [3.05, 3.63) is 72.0 Å². The van der Waals surface area contributed by atoms with Crippen molar-refractivity contribution in [2.24, 2.45) is 0 Å². The molecule has 9 heteroatoms. The van der Waals surface area contributed by atoms with Gasteiger partial charge in [-0.05, 0) is 62.2 Å². The van der Waals surface area contributed by atoms with Crippen molar-refractivity contribution in [1.82, 2.24) is 20.0 Å². The van der Waals surface area contributed by atoms with Gasteiger partial charge in [-0.15, -0.1) is 10.2 Å². The number of carbonyl (C=O) groups excluding carboxylic acids is 2. The molecule has 0 radical (unpaired) electrons. The summed E-state index contributed by atoms with van der Waals surface area (Å²) in [6.45, 7) is 6.29. The van der Waals surface area contributed by atoms with Crippen molar-refractivity contribution < 1.29 is 18.7 Å². The van der Waals surface area contributed by atoms with Gasteiger partial charge in [0.15, 0.2) is 5.82 Å². The Labute approximate surface area is 223 Å². The fourth-order valence-electron chi connectivity index (χ4n) is 4.51. The van der Waals surface area contributed by atoms with Gasteiger partial charge in [0, 0.05) is 43.3 Å². The van der Waals surface area contributed by atoms with Crippen LogP contribution < -0.4 is 9.64 Å². The minimum Gasteiger partial charge on any atom is -0.497 e. The van der Waals surface area contributed by atoms with E-state index in [1.807, 2.05) is 50.2 Å². The van der Waals surface area contributed by atoms with Crippen LogP contribution in [0.2, 0.25) is 0 Å². The Bertz CT molecular complexity index is 1250. The second-order valence-corrected chi connectivity index (χ2v) is 9.43. The highest BCUT2D eigenvalue weighted by molar-refractivity contribution is 5.96. The number of methoxy groups -OCH3 is 1. The minimum atomic E-state index is -0.474. The Morgan fingerprint density at radius 2 is 1.84 bits per heavy atom. The molecular formula is C29H34FN5O3. The van der Waals surface area contributed by atoms with E-state index in [-0.39, 0.29) is 30.0 Å². The summed E-state index contributed by atoms with van der Waals surface area (Å²) in [5.74, 6) is 0.591. The molecule has 4 rings (SSSR count). The summed E-state index contributed by atoms with van der Waals surface area (Å²) < 4.78 is 19.0. The third-order valence-corrected chi connectivity index (χ3v) is 6.95. The molecule has 2 heterocycles. The average Bonchev–Trinajstić information content (AvgIpc) is 3.22. The Morgan fingerprint density at radius 3 is 2.55 bits per heavy atom. The highest BCUT2D eigenvalue weighted by Gasteiger charge is 2.27. The van der Waals surface area contributed by atoms with Crippen molar-refractivity contribution in [2.75, 3.05) is 44.7 Å². The van der Waals surface area contributed by atoms with Gasteiger partial charge in [0.1, 0.15) is 18.1 Å². The van der Waals surface area contributed by atoms with E-state index >= 15 is 0 Å². The number of hydrogen-bond acceptors (Lipinski definition) is 6. The maximum atomic E-state index is 13.7. The van der Waals surface area contributed by atoms with Crippen LogP contribution in [0, 0.1) is 5.82 Å². The van der Waals surface area contributed by atoms with Crippen molar-refractivity contribution in [1.29, 1.82) is 0 Å². The lowest BCUT2D eigenvalue weighted by Gasteiger charge is -2.31. The number of amides is 2. The predicted molar refractivity (Wildman–Crippen MR) is 145 cm³/mol. The smallest absolute Gasteiger partial charge is 0.254 e. The van der Waals surface area contributed by atoms with Gasteiger partial charge in [-0.2, -0.15) is 0 Å². The molecule has 0 saturated carbocycles. The highest BCUT2D eigenvalue weighted by Crippen LogP contribution is 2.23. The predicted octanol–water partition coefficient (Wildman–Crippen LogP) is 4.27. The maximum absolute atomic E-state index is 13.7. The van der Waals surface area contributed by atoms with Crippen molar-refractivity contribution >= 4 is 17.6 Å². The molecule has 1 fully saturated rings. The number of halogens is 1. The number of anilines is 1. The molecule has 2 aromatic carbocycles. The first-order valence-electron chi connectivity index (χ1n) is 13.0. The molecule has 8 nitrogen and oxygen atoms in total. The fourth-order valence-corrected chi connectivity index (χ4v) is 4.51. The van der Waals surface area contributed by atoms with Gasteiger partial charge < -0.3 is 19.4 Å². The molecule has 1 saturated heterocycles. The van der Waals surface area contributed by atoms with Gasteiger partial charge >= 0.3 is 0 Å². The quantitative estimate of drug-likeness (QED) is 0.442. The average molecular weight is 520 g/mol.